The number of aliphatic hydroxyl groups excluding tert-OH is 1. The second-order valence-electron chi connectivity index (χ2n) is 5.17. The highest BCUT2D eigenvalue weighted by atomic mass is 16.6. The van der Waals surface area contributed by atoms with E-state index in [2.05, 4.69) is 4.90 Å². The van der Waals surface area contributed by atoms with Gasteiger partial charge in [-0.15, -0.1) is 0 Å². The van der Waals surface area contributed by atoms with E-state index >= 15 is 0 Å². The number of hydrogen-bond acceptors (Lipinski definition) is 4. The second-order valence-corrected chi connectivity index (χ2v) is 5.17. The van der Waals surface area contributed by atoms with Crippen LogP contribution in [0.3, 0.4) is 0 Å². The predicted octanol–water partition coefficient (Wildman–Crippen LogP) is 2.50. The van der Waals surface area contributed by atoms with Gasteiger partial charge in [0.1, 0.15) is 5.69 Å². The fourth-order valence-corrected chi connectivity index (χ4v) is 2.84. The van der Waals surface area contributed by atoms with Crippen LogP contribution in [0.2, 0.25) is 0 Å². The van der Waals surface area contributed by atoms with E-state index < -0.39 is 0 Å². The molecule has 19 heavy (non-hydrogen) atoms. The molecule has 1 saturated heterocycles. The molecule has 1 fully saturated rings. The molecule has 0 saturated carbocycles. The lowest BCUT2D eigenvalue weighted by Gasteiger charge is -2.34. The van der Waals surface area contributed by atoms with Gasteiger partial charge < -0.3 is 10.0 Å². The average molecular weight is 264 g/mol. The Hall–Kier alpha value is -1.62. The summed E-state index contributed by atoms with van der Waals surface area (Å²) in [7, 11) is 0. The van der Waals surface area contributed by atoms with Crippen LogP contribution in [0.15, 0.2) is 18.2 Å². The van der Waals surface area contributed by atoms with Gasteiger partial charge in [-0.3, -0.25) is 10.1 Å². The van der Waals surface area contributed by atoms with E-state index in [9.17, 15) is 10.1 Å². The molecule has 2 rings (SSSR count). The summed E-state index contributed by atoms with van der Waals surface area (Å²) in [5.41, 5.74) is 1.63. The van der Waals surface area contributed by atoms with Crippen molar-refractivity contribution < 1.29 is 10.0 Å². The van der Waals surface area contributed by atoms with Crippen molar-refractivity contribution in [3.05, 3.63) is 33.9 Å². The summed E-state index contributed by atoms with van der Waals surface area (Å²) in [5, 5.41) is 20.3. The largest absolute Gasteiger partial charge is 0.396 e. The van der Waals surface area contributed by atoms with E-state index in [1.807, 2.05) is 12.1 Å². The number of para-hydroxylation sites is 1. The quantitative estimate of drug-likeness (QED) is 0.670. The van der Waals surface area contributed by atoms with Gasteiger partial charge in [-0.1, -0.05) is 12.1 Å². The first-order chi connectivity index (χ1) is 9.13. The van der Waals surface area contributed by atoms with Crippen LogP contribution in [0.4, 0.5) is 11.4 Å². The molecule has 0 radical (unpaired) electrons. The monoisotopic (exact) mass is 264 g/mol. The topological polar surface area (TPSA) is 66.6 Å². The van der Waals surface area contributed by atoms with Crippen molar-refractivity contribution >= 4 is 11.4 Å². The lowest BCUT2D eigenvalue weighted by Crippen LogP contribution is -2.36. The van der Waals surface area contributed by atoms with Crippen LogP contribution in [0.1, 0.15) is 24.8 Å². The van der Waals surface area contributed by atoms with Crippen LogP contribution in [-0.4, -0.2) is 29.7 Å². The summed E-state index contributed by atoms with van der Waals surface area (Å²) in [4.78, 5) is 13.0. The third-order valence-electron chi connectivity index (χ3n) is 3.80. The fourth-order valence-electron chi connectivity index (χ4n) is 2.84. The Morgan fingerprint density at radius 3 is 3.00 bits per heavy atom. The highest BCUT2D eigenvalue weighted by Crippen LogP contribution is 2.34. The highest BCUT2D eigenvalue weighted by Gasteiger charge is 2.26. The predicted molar refractivity (Wildman–Crippen MR) is 74.5 cm³/mol. The van der Waals surface area contributed by atoms with Gasteiger partial charge in [-0.25, -0.2) is 0 Å². The van der Waals surface area contributed by atoms with Gasteiger partial charge in [-0.05, 0) is 38.2 Å². The van der Waals surface area contributed by atoms with E-state index in [1.165, 1.54) is 0 Å². The number of anilines is 1. The lowest BCUT2D eigenvalue weighted by molar-refractivity contribution is -0.384. The number of nitrogens with zero attached hydrogens (tertiary/aromatic N) is 2. The maximum absolute atomic E-state index is 11.2. The van der Waals surface area contributed by atoms with Crippen molar-refractivity contribution in [3.63, 3.8) is 0 Å². The standard InChI is InChI=1S/C14H20N2O3/c1-11-4-2-6-13(14(11)16(18)19)15-8-3-5-12(10-15)7-9-17/h2,4,6,12,17H,3,5,7-10H2,1H3. The maximum Gasteiger partial charge on any atom is 0.295 e. The molecule has 5 heteroatoms. The van der Waals surface area contributed by atoms with Gasteiger partial charge in [0.2, 0.25) is 0 Å². The Kier molecular flexibility index (Phi) is 4.37. The number of aryl methyl sites for hydroxylation is 1. The minimum atomic E-state index is -0.291. The normalized spacial score (nSPS) is 19.5. The summed E-state index contributed by atoms with van der Waals surface area (Å²) >= 11 is 0. The molecule has 1 aromatic rings. The van der Waals surface area contributed by atoms with Crippen molar-refractivity contribution in [1.29, 1.82) is 0 Å². The van der Waals surface area contributed by atoms with Crippen LogP contribution in [0, 0.1) is 23.0 Å². The summed E-state index contributed by atoms with van der Waals surface area (Å²) in [6.45, 7) is 3.61. The van der Waals surface area contributed by atoms with Gasteiger partial charge in [-0.2, -0.15) is 0 Å². The van der Waals surface area contributed by atoms with Crippen LogP contribution >= 0.6 is 0 Å². The summed E-state index contributed by atoms with van der Waals surface area (Å²) in [5.74, 6) is 0.430. The molecular weight excluding hydrogens is 244 g/mol. The fraction of sp³-hybridized carbons (Fsp3) is 0.571. The summed E-state index contributed by atoms with van der Waals surface area (Å²) in [6, 6.07) is 5.47. The Morgan fingerprint density at radius 1 is 1.53 bits per heavy atom. The van der Waals surface area contributed by atoms with E-state index in [-0.39, 0.29) is 17.2 Å². The van der Waals surface area contributed by atoms with E-state index in [0.717, 1.165) is 32.4 Å². The zero-order chi connectivity index (χ0) is 13.8. The molecule has 1 heterocycles. The third kappa shape index (κ3) is 3.04. The first-order valence-electron chi connectivity index (χ1n) is 6.73. The van der Waals surface area contributed by atoms with Crippen LogP contribution in [-0.2, 0) is 0 Å². The van der Waals surface area contributed by atoms with Crippen LogP contribution < -0.4 is 4.90 Å². The van der Waals surface area contributed by atoms with Gasteiger partial charge in [0.25, 0.3) is 5.69 Å². The molecular formula is C14H20N2O3. The number of nitro benzene ring substituents is 1. The van der Waals surface area contributed by atoms with Crippen molar-refractivity contribution in [3.8, 4) is 0 Å². The second kappa shape index (κ2) is 6.02. The number of hydrogen-bond donors (Lipinski definition) is 1. The molecule has 0 aromatic heterocycles. The molecule has 0 bridgehead atoms. The van der Waals surface area contributed by atoms with Gasteiger partial charge in [0.05, 0.1) is 4.92 Å². The SMILES string of the molecule is Cc1cccc(N2CCCC(CCO)C2)c1[N+](=O)[O-]. The van der Waals surface area contributed by atoms with Crippen LogP contribution in [0.5, 0.6) is 0 Å². The summed E-state index contributed by atoms with van der Waals surface area (Å²) < 4.78 is 0. The minimum Gasteiger partial charge on any atom is -0.396 e. The van der Waals surface area contributed by atoms with Crippen molar-refractivity contribution in [2.45, 2.75) is 26.2 Å². The maximum atomic E-state index is 11.2. The first kappa shape index (κ1) is 13.8. The molecule has 1 aliphatic rings. The lowest BCUT2D eigenvalue weighted by atomic mass is 9.94. The number of nitro groups is 1. The smallest absolute Gasteiger partial charge is 0.295 e. The van der Waals surface area contributed by atoms with E-state index in [4.69, 9.17) is 5.11 Å². The average Bonchev–Trinajstić information content (AvgIpc) is 2.38. The molecule has 104 valence electrons. The number of benzene rings is 1. The molecule has 1 N–H and O–H groups in total. The molecule has 0 aliphatic carbocycles. The van der Waals surface area contributed by atoms with Gasteiger partial charge in [0.15, 0.2) is 0 Å². The Balaban J connectivity index is 2.26. The van der Waals surface area contributed by atoms with E-state index in [0.29, 0.717) is 17.2 Å². The molecule has 0 spiro atoms. The highest BCUT2D eigenvalue weighted by molar-refractivity contribution is 5.66. The van der Waals surface area contributed by atoms with E-state index in [1.54, 1.807) is 13.0 Å². The Labute approximate surface area is 113 Å². The molecule has 1 aromatic carbocycles. The number of piperidine rings is 1. The van der Waals surface area contributed by atoms with Crippen molar-refractivity contribution in [1.82, 2.24) is 0 Å². The minimum absolute atomic E-state index is 0.189. The number of rotatable bonds is 4. The molecule has 1 unspecified atom stereocenters. The van der Waals surface area contributed by atoms with Crippen LogP contribution in [0.25, 0.3) is 0 Å². The molecule has 0 amide bonds. The molecule has 1 aliphatic heterocycles. The third-order valence-corrected chi connectivity index (χ3v) is 3.80. The first-order valence-corrected chi connectivity index (χ1v) is 6.73. The van der Waals surface area contributed by atoms with Gasteiger partial charge in [0, 0.05) is 25.3 Å². The molecule has 1 atom stereocenters. The molecule has 5 nitrogen and oxygen atoms in total. The number of aliphatic hydroxyl groups is 1. The zero-order valence-electron chi connectivity index (χ0n) is 11.2. The Morgan fingerprint density at radius 2 is 2.32 bits per heavy atom. The van der Waals surface area contributed by atoms with Crippen molar-refractivity contribution in [2.24, 2.45) is 5.92 Å². The van der Waals surface area contributed by atoms with Gasteiger partial charge >= 0.3 is 0 Å². The van der Waals surface area contributed by atoms with Crippen molar-refractivity contribution in [2.75, 3.05) is 24.6 Å². The Bertz CT molecular complexity index is 460. The zero-order valence-corrected chi connectivity index (χ0v) is 11.2. The summed E-state index contributed by atoms with van der Waals surface area (Å²) in [6.07, 6.45) is 2.89.